The first-order valence-corrected chi connectivity index (χ1v) is 8.46. The van der Waals surface area contributed by atoms with Gasteiger partial charge in [0.05, 0.1) is 16.2 Å². The van der Waals surface area contributed by atoms with Crippen molar-refractivity contribution in [3.8, 4) is 11.3 Å². The van der Waals surface area contributed by atoms with Gasteiger partial charge >= 0.3 is 12.1 Å². The molecule has 3 heterocycles. The molecular weight excluding hydrogens is 447 g/mol. The van der Waals surface area contributed by atoms with Crippen molar-refractivity contribution in [2.24, 2.45) is 7.05 Å². The van der Waals surface area contributed by atoms with Gasteiger partial charge < -0.3 is 9.82 Å². The zero-order valence-corrected chi connectivity index (χ0v) is 15.5. The molecule has 0 aliphatic rings. The minimum absolute atomic E-state index is 0.0712. The Bertz CT molecular complexity index is 1300. The number of fused-ring (bicyclic) bond motifs is 2. The molecule has 144 valence electrons. The molecule has 0 fully saturated rings. The molecule has 0 spiro atoms. The van der Waals surface area contributed by atoms with Crippen molar-refractivity contribution >= 4 is 43.7 Å². The highest BCUT2D eigenvalue weighted by atomic mass is 79.9. The van der Waals surface area contributed by atoms with Gasteiger partial charge in [-0.05, 0) is 34.1 Å². The van der Waals surface area contributed by atoms with E-state index in [-0.39, 0.29) is 15.7 Å². The number of halogens is 4. The molecule has 8 nitrogen and oxygen atoms in total. The second-order valence-corrected chi connectivity index (χ2v) is 6.76. The first-order chi connectivity index (χ1) is 13.1. The van der Waals surface area contributed by atoms with Crippen LogP contribution in [0.15, 0.2) is 39.9 Å². The Hall–Kier alpha value is -3.15. The summed E-state index contributed by atoms with van der Waals surface area (Å²) in [6.45, 7) is 0. The summed E-state index contributed by atoms with van der Waals surface area (Å²) in [5, 5.41) is 9.05. The summed E-state index contributed by atoms with van der Waals surface area (Å²) in [7, 11) is 1.67. The van der Waals surface area contributed by atoms with Crippen LogP contribution in [0.3, 0.4) is 0 Å². The number of carbonyl (C=O) groups is 1. The highest BCUT2D eigenvalue weighted by Gasteiger charge is 2.42. The van der Waals surface area contributed by atoms with Gasteiger partial charge in [-0.1, -0.05) is 4.85 Å². The van der Waals surface area contributed by atoms with Crippen LogP contribution < -0.4 is 10.4 Å². The van der Waals surface area contributed by atoms with Crippen LogP contribution >= 0.6 is 15.9 Å². The van der Waals surface area contributed by atoms with Gasteiger partial charge in [0.15, 0.2) is 0 Å². The number of carbonyl (C=O) groups excluding carboxylic acids is 1. The number of aryl methyl sites for hydroxylation is 1. The fourth-order valence-corrected chi connectivity index (χ4v) is 3.07. The number of nitrogens with zero attached hydrogens (tertiary/aromatic N) is 4. The van der Waals surface area contributed by atoms with Gasteiger partial charge in [-0.2, -0.15) is 18.3 Å². The van der Waals surface area contributed by atoms with E-state index in [1.54, 1.807) is 25.4 Å². The summed E-state index contributed by atoms with van der Waals surface area (Å²) < 4.78 is 39.7. The molecule has 0 radical (unpaired) electrons. The van der Waals surface area contributed by atoms with Crippen molar-refractivity contribution in [1.29, 1.82) is 0 Å². The van der Waals surface area contributed by atoms with Crippen LogP contribution in [-0.4, -0.2) is 36.9 Å². The van der Waals surface area contributed by atoms with Gasteiger partial charge in [0.2, 0.25) is 0 Å². The summed E-state index contributed by atoms with van der Waals surface area (Å²) in [5.41, 5.74) is 0.765. The number of pyridine rings is 1. The number of alkyl halides is 3. The fourth-order valence-electron chi connectivity index (χ4n) is 2.72. The molecule has 0 bridgehead atoms. The number of benzene rings is 1. The summed E-state index contributed by atoms with van der Waals surface area (Å²) in [6, 6.07) is 4.58. The average molecular weight is 456 g/mol. The molecule has 0 unspecified atom stereocenters. The molecule has 1 N–H and O–H groups in total. The lowest BCUT2D eigenvalue weighted by atomic mass is 10.1. The fraction of sp³-hybridized carbons (Fsp3) is 0.125. The Labute approximate surface area is 161 Å². The maximum absolute atomic E-state index is 12.6. The summed E-state index contributed by atoms with van der Waals surface area (Å²) in [5.74, 6) is -2.42. The molecule has 0 saturated carbocycles. The number of H-pyrrole nitrogens is 1. The third kappa shape index (κ3) is 3.05. The monoisotopic (exact) mass is 455 g/mol. The Morgan fingerprint density at radius 3 is 2.68 bits per heavy atom. The van der Waals surface area contributed by atoms with Gasteiger partial charge in [-0.15, -0.1) is 5.10 Å². The van der Waals surface area contributed by atoms with E-state index in [0.29, 0.717) is 26.7 Å². The van der Waals surface area contributed by atoms with E-state index in [2.05, 4.69) is 35.9 Å². The molecule has 0 aliphatic heterocycles. The van der Waals surface area contributed by atoms with Crippen LogP contribution in [-0.2, 0) is 11.8 Å². The highest BCUT2D eigenvalue weighted by molar-refractivity contribution is 9.10. The molecule has 4 aromatic rings. The molecule has 0 amide bonds. The molecule has 12 heteroatoms. The van der Waals surface area contributed by atoms with Crippen molar-refractivity contribution in [3.63, 3.8) is 0 Å². The van der Waals surface area contributed by atoms with Gasteiger partial charge in [0.25, 0.3) is 5.56 Å². The molecule has 0 aliphatic carbocycles. The smallest absolute Gasteiger partial charge is 0.321 e. The van der Waals surface area contributed by atoms with Gasteiger partial charge in [0, 0.05) is 29.6 Å². The summed E-state index contributed by atoms with van der Waals surface area (Å²) in [4.78, 5) is 30.6. The Morgan fingerprint density at radius 2 is 2.04 bits per heavy atom. The Balaban J connectivity index is 2.00. The van der Waals surface area contributed by atoms with E-state index in [1.807, 2.05) is 0 Å². The van der Waals surface area contributed by atoms with E-state index < -0.39 is 17.7 Å². The van der Waals surface area contributed by atoms with E-state index in [9.17, 15) is 22.8 Å². The third-order valence-corrected chi connectivity index (χ3v) is 4.54. The topological polar surface area (TPSA) is 94.8 Å². The number of hydrogen-bond acceptors (Lipinski definition) is 5. The lowest BCUT2D eigenvalue weighted by molar-refractivity contribution is -0.200. The molecule has 28 heavy (non-hydrogen) atoms. The predicted molar refractivity (Wildman–Crippen MR) is 95.4 cm³/mol. The van der Waals surface area contributed by atoms with Crippen molar-refractivity contribution in [2.45, 2.75) is 6.18 Å². The van der Waals surface area contributed by atoms with Crippen molar-refractivity contribution in [3.05, 3.63) is 45.4 Å². The zero-order chi connectivity index (χ0) is 20.2. The first kappa shape index (κ1) is 18.2. The quantitative estimate of drug-likeness (QED) is 0.501. The molecule has 3 aromatic heterocycles. The largest absolute Gasteiger partial charge is 0.493 e. The molecule has 1 aromatic carbocycles. The first-order valence-electron chi connectivity index (χ1n) is 7.67. The SMILES string of the molecule is Cn1cc(-c2nn(OC(=O)C(F)(F)F)c3cc4[nH]c(=O)c(Br)cc4cc23)cn1. The van der Waals surface area contributed by atoms with Crippen molar-refractivity contribution in [1.82, 2.24) is 24.7 Å². The van der Waals surface area contributed by atoms with E-state index >= 15 is 0 Å². The summed E-state index contributed by atoms with van der Waals surface area (Å²) >= 11 is 3.13. The average Bonchev–Trinajstić information content (AvgIpc) is 3.17. The highest BCUT2D eigenvalue weighted by Crippen LogP contribution is 2.31. The third-order valence-electron chi connectivity index (χ3n) is 3.95. The van der Waals surface area contributed by atoms with E-state index in [0.717, 1.165) is 0 Å². The molecular formula is C16H9BrF3N5O3. The van der Waals surface area contributed by atoms with E-state index in [4.69, 9.17) is 0 Å². The lowest BCUT2D eigenvalue weighted by Gasteiger charge is -2.07. The Kier molecular flexibility index (Phi) is 4.03. The molecule has 4 rings (SSSR count). The molecule has 0 saturated heterocycles. The van der Waals surface area contributed by atoms with Crippen LogP contribution in [0.25, 0.3) is 33.1 Å². The zero-order valence-electron chi connectivity index (χ0n) is 13.9. The minimum atomic E-state index is -5.19. The van der Waals surface area contributed by atoms with Gasteiger partial charge in [0.1, 0.15) is 11.2 Å². The number of aromatic amines is 1. The van der Waals surface area contributed by atoms with E-state index in [1.165, 1.54) is 16.9 Å². The van der Waals surface area contributed by atoms with Gasteiger partial charge in [-0.3, -0.25) is 9.48 Å². The lowest BCUT2D eigenvalue weighted by Crippen LogP contribution is -2.33. The normalized spacial score (nSPS) is 12.0. The van der Waals surface area contributed by atoms with Crippen LogP contribution in [0.5, 0.6) is 0 Å². The standard InChI is InChI=1S/C16H9BrF3N5O3/c1-24-6-8(5-21-24)13-9-2-7-3-10(17)14(26)22-11(7)4-12(9)25(23-13)28-15(27)16(18,19)20/h2-6H,1H3,(H,22,26). The van der Waals surface area contributed by atoms with Gasteiger partial charge in [-0.25, -0.2) is 4.79 Å². The van der Waals surface area contributed by atoms with Crippen LogP contribution in [0.4, 0.5) is 13.2 Å². The van der Waals surface area contributed by atoms with Crippen LogP contribution in [0, 0.1) is 0 Å². The maximum Gasteiger partial charge on any atom is 0.493 e. The number of nitrogens with one attached hydrogen (secondary N) is 1. The molecule has 0 atom stereocenters. The second-order valence-electron chi connectivity index (χ2n) is 5.90. The van der Waals surface area contributed by atoms with Crippen LogP contribution in [0.1, 0.15) is 0 Å². The van der Waals surface area contributed by atoms with Crippen molar-refractivity contribution < 1.29 is 22.8 Å². The van der Waals surface area contributed by atoms with Crippen molar-refractivity contribution in [2.75, 3.05) is 0 Å². The number of hydrogen-bond donors (Lipinski definition) is 1. The maximum atomic E-state index is 12.6. The second kappa shape index (κ2) is 6.19. The summed E-state index contributed by atoms with van der Waals surface area (Å²) in [6.07, 6.45) is -2.10. The van der Waals surface area contributed by atoms with Crippen LogP contribution in [0.2, 0.25) is 0 Å². The minimum Gasteiger partial charge on any atom is -0.321 e. The number of aromatic nitrogens is 5. The number of rotatable bonds is 2. The predicted octanol–water partition coefficient (Wildman–Crippen LogP) is 2.56. The Morgan fingerprint density at radius 1 is 1.29 bits per heavy atom.